The van der Waals surface area contributed by atoms with Crippen LogP contribution in [0, 0.1) is 5.92 Å². The number of hydrogen-bond donors (Lipinski definition) is 1. The predicted octanol–water partition coefficient (Wildman–Crippen LogP) is 0.854. The lowest BCUT2D eigenvalue weighted by molar-refractivity contribution is -0.124. The minimum atomic E-state index is -2.47. The summed E-state index contributed by atoms with van der Waals surface area (Å²) in [6.07, 6.45) is 0.591. The van der Waals surface area contributed by atoms with E-state index < -0.39 is 5.92 Å². The average molecular weight is 218 g/mol. The van der Waals surface area contributed by atoms with Crippen molar-refractivity contribution in [2.75, 3.05) is 26.2 Å². The Balaban J connectivity index is 1.80. The third-order valence-electron chi connectivity index (χ3n) is 3.14. The van der Waals surface area contributed by atoms with Gasteiger partial charge in [0.2, 0.25) is 11.8 Å². The van der Waals surface area contributed by atoms with Gasteiger partial charge in [0.05, 0.1) is 6.54 Å². The molecule has 0 spiro atoms. The van der Waals surface area contributed by atoms with E-state index in [1.54, 1.807) is 0 Å². The van der Waals surface area contributed by atoms with E-state index in [2.05, 4.69) is 5.32 Å². The highest BCUT2D eigenvalue weighted by atomic mass is 19.3. The van der Waals surface area contributed by atoms with Crippen LogP contribution in [0.4, 0.5) is 8.78 Å². The number of amides is 1. The van der Waals surface area contributed by atoms with Crippen molar-refractivity contribution in [1.82, 2.24) is 10.2 Å². The first-order valence-corrected chi connectivity index (χ1v) is 5.42. The summed E-state index contributed by atoms with van der Waals surface area (Å²) >= 11 is 0. The van der Waals surface area contributed by atoms with Gasteiger partial charge in [0.25, 0.3) is 0 Å². The first kappa shape index (κ1) is 10.8. The van der Waals surface area contributed by atoms with Gasteiger partial charge in [-0.2, -0.15) is 0 Å². The van der Waals surface area contributed by atoms with Crippen molar-refractivity contribution in [3.63, 3.8) is 0 Å². The van der Waals surface area contributed by atoms with Crippen LogP contribution < -0.4 is 5.32 Å². The number of alkyl halides is 2. The fourth-order valence-corrected chi connectivity index (χ4v) is 2.41. The maximum Gasteiger partial charge on any atom is 0.248 e. The van der Waals surface area contributed by atoms with E-state index in [1.165, 1.54) is 0 Å². The van der Waals surface area contributed by atoms with E-state index in [4.69, 9.17) is 0 Å². The van der Waals surface area contributed by atoms with E-state index in [1.807, 2.05) is 4.90 Å². The van der Waals surface area contributed by atoms with Crippen molar-refractivity contribution < 1.29 is 13.6 Å². The molecular formula is C10H16F2N2O. The molecule has 2 rings (SSSR count). The van der Waals surface area contributed by atoms with Crippen molar-refractivity contribution in [3.05, 3.63) is 0 Å². The predicted molar refractivity (Wildman–Crippen MR) is 51.7 cm³/mol. The number of nitrogens with one attached hydrogen (secondary N) is 1. The molecule has 0 aromatic carbocycles. The zero-order valence-electron chi connectivity index (χ0n) is 8.64. The molecule has 3 nitrogen and oxygen atoms in total. The Bertz CT molecular complexity index is 258. The molecule has 1 saturated heterocycles. The van der Waals surface area contributed by atoms with Crippen LogP contribution in [0.5, 0.6) is 0 Å². The van der Waals surface area contributed by atoms with Gasteiger partial charge in [0.1, 0.15) is 0 Å². The molecule has 5 heteroatoms. The Morgan fingerprint density at radius 2 is 2.33 bits per heavy atom. The normalized spacial score (nSPS) is 31.6. The minimum Gasteiger partial charge on any atom is -0.354 e. The van der Waals surface area contributed by atoms with Crippen LogP contribution in [0.2, 0.25) is 0 Å². The quantitative estimate of drug-likeness (QED) is 0.745. The molecule has 2 aliphatic rings. The van der Waals surface area contributed by atoms with Gasteiger partial charge in [-0.1, -0.05) is 0 Å². The van der Waals surface area contributed by atoms with Crippen LogP contribution in [0.25, 0.3) is 0 Å². The molecule has 86 valence electrons. The minimum absolute atomic E-state index is 0.00556. The number of piperazine rings is 1. The fourth-order valence-electron chi connectivity index (χ4n) is 2.41. The molecule has 1 N–H and O–H groups in total. The van der Waals surface area contributed by atoms with Crippen LogP contribution in [0.3, 0.4) is 0 Å². The van der Waals surface area contributed by atoms with Crippen molar-refractivity contribution in [2.45, 2.75) is 25.2 Å². The van der Waals surface area contributed by atoms with Gasteiger partial charge < -0.3 is 5.32 Å². The number of halogens is 2. The van der Waals surface area contributed by atoms with E-state index >= 15 is 0 Å². The van der Waals surface area contributed by atoms with Crippen LogP contribution >= 0.6 is 0 Å². The zero-order valence-corrected chi connectivity index (χ0v) is 8.64. The molecule has 2 fully saturated rings. The average Bonchev–Trinajstić information content (AvgIpc) is 2.45. The van der Waals surface area contributed by atoms with Crippen LogP contribution in [-0.4, -0.2) is 42.9 Å². The highest BCUT2D eigenvalue weighted by molar-refractivity contribution is 5.78. The summed E-state index contributed by atoms with van der Waals surface area (Å²) in [5, 5.41) is 2.72. The molecule has 1 atom stereocenters. The number of carbonyl (C=O) groups is 1. The Kier molecular flexibility index (Phi) is 2.91. The van der Waals surface area contributed by atoms with Gasteiger partial charge in [-0.3, -0.25) is 9.69 Å². The molecule has 1 aliphatic heterocycles. The van der Waals surface area contributed by atoms with Gasteiger partial charge >= 0.3 is 0 Å². The first-order valence-electron chi connectivity index (χ1n) is 5.42. The lowest BCUT2D eigenvalue weighted by atomic mass is 10.1. The number of carbonyl (C=O) groups excluding carboxylic acids is 1. The lowest BCUT2D eigenvalue weighted by Gasteiger charge is -2.28. The number of nitrogens with zero attached hydrogens (tertiary/aromatic N) is 1. The van der Waals surface area contributed by atoms with Crippen LogP contribution in [0.1, 0.15) is 19.3 Å². The highest BCUT2D eigenvalue weighted by Crippen LogP contribution is 2.39. The van der Waals surface area contributed by atoms with Crippen molar-refractivity contribution in [3.8, 4) is 0 Å². The number of hydrogen-bond acceptors (Lipinski definition) is 2. The van der Waals surface area contributed by atoms with Crippen LogP contribution in [0.15, 0.2) is 0 Å². The summed E-state index contributed by atoms with van der Waals surface area (Å²) in [5.41, 5.74) is 0. The van der Waals surface area contributed by atoms with Gasteiger partial charge in [-0.05, 0) is 12.3 Å². The topological polar surface area (TPSA) is 32.3 Å². The third kappa shape index (κ3) is 2.87. The molecule has 1 heterocycles. The van der Waals surface area contributed by atoms with Crippen molar-refractivity contribution in [2.24, 2.45) is 5.92 Å². The van der Waals surface area contributed by atoms with Gasteiger partial charge in [0.15, 0.2) is 0 Å². The maximum atomic E-state index is 12.9. The second-order valence-electron chi connectivity index (χ2n) is 4.55. The Morgan fingerprint density at radius 3 is 2.93 bits per heavy atom. The second kappa shape index (κ2) is 4.04. The highest BCUT2D eigenvalue weighted by Gasteiger charge is 2.40. The molecule has 0 unspecified atom stereocenters. The standard InChI is InChI=1S/C10H16F2N2O/c11-10(12)2-1-8(5-10)6-14-4-3-13-9(15)7-14/h8H,1-7H2,(H,13,15)/t8-/m0/s1. The van der Waals surface area contributed by atoms with Gasteiger partial charge in [-0.25, -0.2) is 8.78 Å². The first-order chi connectivity index (χ1) is 7.05. The molecule has 0 radical (unpaired) electrons. The van der Waals surface area contributed by atoms with Gasteiger partial charge in [0, 0.05) is 32.5 Å². The maximum absolute atomic E-state index is 12.9. The molecule has 0 bridgehead atoms. The van der Waals surface area contributed by atoms with Crippen LogP contribution in [-0.2, 0) is 4.79 Å². The summed E-state index contributed by atoms with van der Waals surface area (Å²) in [6.45, 7) is 2.43. The van der Waals surface area contributed by atoms with E-state index in [-0.39, 0.29) is 24.7 Å². The summed E-state index contributed by atoms with van der Waals surface area (Å²) in [6, 6.07) is 0. The van der Waals surface area contributed by atoms with E-state index in [0.29, 0.717) is 26.1 Å². The Labute approximate surface area is 87.8 Å². The summed E-state index contributed by atoms with van der Waals surface area (Å²) in [4.78, 5) is 13.1. The van der Waals surface area contributed by atoms with Gasteiger partial charge in [-0.15, -0.1) is 0 Å². The smallest absolute Gasteiger partial charge is 0.248 e. The zero-order chi connectivity index (χ0) is 10.9. The second-order valence-corrected chi connectivity index (χ2v) is 4.55. The third-order valence-corrected chi connectivity index (χ3v) is 3.14. The Morgan fingerprint density at radius 1 is 1.53 bits per heavy atom. The van der Waals surface area contributed by atoms with E-state index in [0.717, 1.165) is 6.54 Å². The molecule has 15 heavy (non-hydrogen) atoms. The van der Waals surface area contributed by atoms with Crippen molar-refractivity contribution >= 4 is 5.91 Å². The summed E-state index contributed by atoms with van der Waals surface area (Å²) in [5.74, 6) is -2.40. The molecule has 0 aromatic heterocycles. The molecule has 1 aliphatic carbocycles. The summed E-state index contributed by atoms with van der Waals surface area (Å²) < 4.78 is 25.9. The van der Waals surface area contributed by atoms with E-state index in [9.17, 15) is 13.6 Å². The molecule has 0 aromatic rings. The monoisotopic (exact) mass is 218 g/mol. The number of rotatable bonds is 2. The molecular weight excluding hydrogens is 202 g/mol. The molecule has 1 amide bonds. The lowest BCUT2D eigenvalue weighted by Crippen LogP contribution is -2.48. The molecule has 1 saturated carbocycles. The van der Waals surface area contributed by atoms with Crippen molar-refractivity contribution in [1.29, 1.82) is 0 Å². The Hall–Kier alpha value is -0.710. The fraction of sp³-hybridized carbons (Fsp3) is 0.900. The summed E-state index contributed by atoms with van der Waals surface area (Å²) in [7, 11) is 0. The SMILES string of the molecule is O=C1CN(C[C@H]2CCC(F)(F)C2)CCN1. The largest absolute Gasteiger partial charge is 0.354 e.